The van der Waals surface area contributed by atoms with E-state index in [0.717, 1.165) is 21.2 Å². The van der Waals surface area contributed by atoms with Crippen molar-refractivity contribution in [2.24, 2.45) is 0 Å². The molecule has 5 rings (SSSR count). The first kappa shape index (κ1) is 22.5. The molecule has 1 saturated heterocycles. The zero-order valence-electron chi connectivity index (χ0n) is 18.1. The molecule has 2 aromatic heterocycles. The fraction of sp³-hybridized carbons (Fsp3) is 0.125. The van der Waals surface area contributed by atoms with Crippen LogP contribution in [0.5, 0.6) is 0 Å². The topological polar surface area (TPSA) is 115 Å². The van der Waals surface area contributed by atoms with E-state index in [-0.39, 0.29) is 30.1 Å². The van der Waals surface area contributed by atoms with Crippen molar-refractivity contribution < 1.29 is 23.2 Å². The van der Waals surface area contributed by atoms with E-state index in [1.807, 2.05) is 6.07 Å². The van der Waals surface area contributed by atoms with Crippen molar-refractivity contribution in [1.82, 2.24) is 19.8 Å². The molecule has 0 unspecified atom stereocenters. The molecule has 3 amide bonds. The van der Waals surface area contributed by atoms with Gasteiger partial charge in [0, 0.05) is 18.5 Å². The van der Waals surface area contributed by atoms with Gasteiger partial charge in [0.1, 0.15) is 23.5 Å². The maximum atomic E-state index is 13.1. The molecule has 35 heavy (non-hydrogen) atoms. The quantitative estimate of drug-likeness (QED) is 0.411. The molecular weight excluding hydrogens is 475 g/mol. The van der Waals surface area contributed by atoms with Gasteiger partial charge in [-0.2, -0.15) is 0 Å². The van der Waals surface area contributed by atoms with Gasteiger partial charge in [0.2, 0.25) is 11.5 Å². The number of rotatable bonds is 6. The molecule has 0 saturated carbocycles. The molecule has 2 aromatic carbocycles. The van der Waals surface area contributed by atoms with Crippen molar-refractivity contribution >= 4 is 57.0 Å². The molecule has 4 aromatic rings. The molecule has 0 radical (unpaired) electrons. The molecule has 1 N–H and O–H groups in total. The van der Waals surface area contributed by atoms with Gasteiger partial charge in [-0.15, -0.1) is 0 Å². The predicted octanol–water partition coefficient (Wildman–Crippen LogP) is 3.13. The Balaban J connectivity index is 1.20. The number of carbonyl (C=O) groups is 3. The average Bonchev–Trinajstić information content (AvgIpc) is 3.35. The molecule has 0 spiro atoms. The highest BCUT2D eigenvalue weighted by molar-refractivity contribution is 8.18. The highest BCUT2D eigenvalue weighted by atomic mass is 32.2. The van der Waals surface area contributed by atoms with Crippen molar-refractivity contribution in [3.63, 3.8) is 0 Å². The number of thioether (sulfide) groups is 1. The highest BCUT2D eigenvalue weighted by Crippen LogP contribution is 2.32. The smallest absolute Gasteiger partial charge is 0.297 e. The monoisotopic (exact) mass is 492 g/mol. The number of aromatic nitrogens is 2. The number of amides is 3. The van der Waals surface area contributed by atoms with E-state index in [2.05, 4.69) is 10.3 Å². The third kappa shape index (κ3) is 4.45. The van der Waals surface area contributed by atoms with Gasteiger partial charge in [-0.1, -0.05) is 24.3 Å². The maximum absolute atomic E-state index is 13.1. The predicted molar refractivity (Wildman–Crippen MR) is 128 cm³/mol. The van der Waals surface area contributed by atoms with Gasteiger partial charge in [0.05, 0.1) is 11.2 Å². The van der Waals surface area contributed by atoms with E-state index in [0.29, 0.717) is 22.0 Å². The summed E-state index contributed by atoms with van der Waals surface area (Å²) in [6.45, 7) is -0.326. The van der Waals surface area contributed by atoms with Crippen LogP contribution < -0.4 is 10.9 Å². The molecule has 1 aliphatic rings. The standard InChI is InChI=1S/C24H17FN4O5S/c25-15-7-5-14(6-8-15)11-18-22(31)29(24(33)35-18)10-9-26-19(30)12-28-13-27-20-16-3-1-2-4-17(16)34-21(20)23(28)32/h1-8,11,13H,9-10,12H2,(H,26,30)/b18-11-. The van der Waals surface area contributed by atoms with Crippen LogP contribution >= 0.6 is 11.8 Å². The Bertz CT molecular complexity index is 1570. The average molecular weight is 492 g/mol. The summed E-state index contributed by atoms with van der Waals surface area (Å²) in [6.07, 6.45) is 2.79. The second kappa shape index (κ2) is 9.18. The highest BCUT2D eigenvalue weighted by Gasteiger charge is 2.34. The molecule has 0 aliphatic carbocycles. The second-order valence-corrected chi connectivity index (χ2v) is 8.68. The van der Waals surface area contributed by atoms with E-state index in [4.69, 9.17) is 4.42 Å². The zero-order valence-corrected chi connectivity index (χ0v) is 18.9. The Morgan fingerprint density at radius 1 is 1.11 bits per heavy atom. The van der Waals surface area contributed by atoms with Crippen molar-refractivity contribution in [2.45, 2.75) is 6.54 Å². The minimum absolute atomic E-state index is 0.00969. The molecule has 0 bridgehead atoms. The first-order chi connectivity index (χ1) is 16.9. The van der Waals surface area contributed by atoms with Gasteiger partial charge < -0.3 is 9.73 Å². The number of para-hydroxylation sites is 1. The zero-order chi connectivity index (χ0) is 24.5. The van der Waals surface area contributed by atoms with Crippen LogP contribution in [0.25, 0.3) is 28.1 Å². The van der Waals surface area contributed by atoms with Crippen molar-refractivity contribution in [2.75, 3.05) is 13.1 Å². The van der Waals surface area contributed by atoms with E-state index in [9.17, 15) is 23.6 Å². The minimum Gasteiger partial charge on any atom is -0.448 e. The van der Waals surface area contributed by atoms with Gasteiger partial charge in [-0.05, 0) is 47.7 Å². The van der Waals surface area contributed by atoms with E-state index in [1.54, 1.807) is 18.2 Å². The Labute approximate surface area is 201 Å². The summed E-state index contributed by atoms with van der Waals surface area (Å²) in [5.74, 6) is -1.38. The molecule has 1 aliphatic heterocycles. The fourth-order valence-electron chi connectivity index (χ4n) is 3.65. The van der Waals surface area contributed by atoms with Gasteiger partial charge in [-0.25, -0.2) is 9.37 Å². The van der Waals surface area contributed by atoms with Gasteiger partial charge in [0.15, 0.2) is 0 Å². The minimum atomic E-state index is -0.491. The summed E-state index contributed by atoms with van der Waals surface area (Å²) in [5, 5.41) is 2.84. The number of imide groups is 1. The number of furan rings is 1. The molecular formula is C24H17FN4O5S. The maximum Gasteiger partial charge on any atom is 0.297 e. The molecule has 0 atom stereocenters. The molecule has 176 valence electrons. The molecule has 11 heteroatoms. The molecule has 3 heterocycles. The first-order valence-corrected chi connectivity index (χ1v) is 11.4. The van der Waals surface area contributed by atoms with Crippen molar-refractivity contribution in [1.29, 1.82) is 0 Å². The fourth-order valence-corrected chi connectivity index (χ4v) is 4.51. The van der Waals surface area contributed by atoms with Gasteiger partial charge in [0.25, 0.3) is 16.7 Å². The summed E-state index contributed by atoms with van der Waals surface area (Å²) < 4.78 is 19.8. The molecule has 9 nitrogen and oxygen atoms in total. The van der Waals surface area contributed by atoms with Crippen molar-refractivity contribution in [3.8, 4) is 0 Å². The van der Waals surface area contributed by atoms with Crippen LogP contribution in [-0.4, -0.2) is 44.6 Å². The third-order valence-corrected chi connectivity index (χ3v) is 6.27. The number of carbonyl (C=O) groups excluding carboxylic acids is 3. The van der Waals surface area contributed by atoms with Crippen LogP contribution in [0.2, 0.25) is 0 Å². The number of nitrogens with one attached hydrogen (secondary N) is 1. The number of nitrogens with zero attached hydrogens (tertiary/aromatic N) is 3. The Morgan fingerprint density at radius 3 is 2.69 bits per heavy atom. The SMILES string of the molecule is O=C(Cn1cnc2c(oc3ccccc32)c1=O)NCCN1C(=O)S/C(=C\c2ccc(F)cc2)C1=O. The van der Waals surface area contributed by atoms with Crippen LogP contribution in [-0.2, 0) is 16.1 Å². The normalized spacial score (nSPS) is 15.0. The Hall–Kier alpha value is -4.25. The second-order valence-electron chi connectivity index (χ2n) is 7.69. The molecule has 1 fully saturated rings. The van der Waals surface area contributed by atoms with Crippen LogP contribution in [0.3, 0.4) is 0 Å². The lowest BCUT2D eigenvalue weighted by molar-refractivity contribution is -0.124. The van der Waals surface area contributed by atoms with Crippen molar-refractivity contribution in [3.05, 3.63) is 81.5 Å². The summed E-state index contributed by atoms with van der Waals surface area (Å²) in [7, 11) is 0. The number of halogens is 1. The lowest BCUT2D eigenvalue weighted by atomic mass is 10.2. The summed E-state index contributed by atoms with van der Waals surface area (Å²) in [4.78, 5) is 55.4. The largest absolute Gasteiger partial charge is 0.448 e. The number of benzene rings is 2. The number of hydrogen-bond acceptors (Lipinski definition) is 7. The first-order valence-electron chi connectivity index (χ1n) is 10.5. The van der Waals surface area contributed by atoms with Crippen LogP contribution in [0.1, 0.15) is 5.56 Å². The third-order valence-electron chi connectivity index (χ3n) is 5.36. The van der Waals surface area contributed by atoms with Gasteiger partial charge in [-0.3, -0.25) is 28.6 Å². The lowest BCUT2D eigenvalue weighted by Crippen LogP contribution is -2.39. The lowest BCUT2D eigenvalue weighted by Gasteiger charge is -2.13. The van der Waals surface area contributed by atoms with E-state index in [1.165, 1.54) is 36.7 Å². The van der Waals surface area contributed by atoms with Crippen LogP contribution in [0.15, 0.2) is 69.0 Å². The van der Waals surface area contributed by atoms with E-state index < -0.39 is 28.4 Å². The number of fused-ring (bicyclic) bond motifs is 3. The van der Waals surface area contributed by atoms with Crippen LogP contribution in [0.4, 0.5) is 9.18 Å². The number of hydrogen-bond donors (Lipinski definition) is 1. The van der Waals surface area contributed by atoms with E-state index >= 15 is 0 Å². The summed E-state index contributed by atoms with van der Waals surface area (Å²) in [5.41, 5.74) is 1.12. The Morgan fingerprint density at radius 2 is 1.89 bits per heavy atom. The Kier molecular flexibility index (Phi) is 5.91. The summed E-state index contributed by atoms with van der Waals surface area (Å²) in [6, 6.07) is 12.7. The van der Waals surface area contributed by atoms with Crippen LogP contribution in [0, 0.1) is 5.82 Å². The summed E-state index contributed by atoms with van der Waals surface area (Å²) >= 11 is 0.775. The van der Waals surface area contributed by atoms with Gasteiger partial charge >= 0.3 is 0 Å².